The Morgan fingerprint density at radius 2 is 1.54 bits per heavy atom. The van der Waals surface area contributed by atoms with Crippen LogP contribution < -0.4 is 4.74 Å². The fourth-order valence-electron chi connectivity index (χ4n) is 4.25. The van der Waals surface area contributed by atoms with Gasteiger partial charge in [0, 0.05) is 39.6 Å². The summed E-state index contributed by atoms with van der Waals surface area (Å²) in [6.07, 6.45) is 0. The van der Waals surface area contributed by atoms with Gasteiger partial charge in [-0.25, -0.2) is 14.0 Å². The second-order valence-corrected chi connectivity index (χ2v) is 13.2. The molecule has 0 saturated carbocycles. The minimum Gasteiger partial charge on any atom is -0.481 e. The standard InChI is InChI=1S/C34H34FO5S/c1-22-18-28(41-17-15-25-20-26(10-13-29(25)41)32(37)40-33(3,4)5)19-23(2)31(22)38-21-30(36)39-34(6,7)16-14-24-8-11-27(35)12-9-24/h8-13,15,17-20H,21H2,1-7H3/q+1. The fraction of sp³-hybridized carbons (Fsp3) is 0.294. The second kappa shape index (κ2) is 11.8. The SMILES string of the molecule is Cc1cc(-[s+]2ccc3cc(C(=O)OC(C)(C)C)ccc32)cc(C)c1OCC(=O)OC(C)(C)C#Cc1ccc(F)cc1. The fourth-order valence-corrected chi connectivity index (χ4v) is 6.30. The number of hydrogen-bond acceptors (Lipinski definition) is 5. The predicted molar refractivity (Wildman–Crippen MR) is 161 cm³/mol. The van der Waals surface area contributed by atoms with E-state index in [-0.39, 0.29) is 28.9 Å². The molecule has 4 rings (SSSR count). The van der Waals surface area contributed by atoms with Gasteiger partial charge in [0.1, 0.15) is 22.5 Å². The smallest absolute Gasteiger partial charge is 0.345 e. The molecule has 0 aliphatic rings. The van der Waals surface area contributed by atoms with Crippen LogP contribution in [-0.4, -0.2) is 29.7 Å². The van der Waals surface area contributed by atoms with Crippen molar-refractivity contribution in [2.24, 2.45) is 0 Å². The van der Waals surface area contributed by atoms with Gasteiger partial charge in [-0.1, -0.05) is 11.8 Å². The van der Waals surface area contributed by atoms with Crippen LogP contribution in [0.5, 0.6) is 5.75 Å². The normalized spacial score (nSPS) is 12.0. The number of thiophene rings is 1. The van der Waals surface area contributed by atoms with Gasteiger partial charge in [0.15, 0.2) is 21.8 Å². The number of halogens is 1. The summed E-state index contributed by atoms with van der Waals surface area (Å²) in [5.41, 5.74) is 1.37. The number of aryl methyl sites for hydroxylation is 2. The third-order valence-electron chi connectivity index (χ3n) is 6.01. The summed E-state index contributed by atoms with van der Waals surface area (Å²) in [4.78, 5) is 26.2. The van der Waals surface area contributed by atoms with Crippen LogP contribution in [0.1, 0.15) is 61.7 Å². The van der Waals surface area contributed by atoms with Gasteiger partial charge < -0.3 is 14.2 Å². The van der Waals surface area contributed by atoms with Crippen molar-refractivity contribution in [1.29, 1.82) is 0 Å². The summed E-state index contributed by atoms with van der Waals surface area (Å²) in [6, 6.07) is 17.7. The zero-order valence-electron chi connectivity index (χ0n) is 24.4. The number of ether oxygens (including phenoxy) is 3. The lowest BCUT2D eigenvalue weighted by Gasteiger charge is -2.19. The van der Waals surface area contributed by atoms with Gasteiger partial charge in [0.25, 0.3) is 0 Å². The van der Waals surface area contributed by atoms with E-state index in [2.05, 4.69) is 29.4 Å². The number of hydrogen-bond donors (Lipinski definition) is 0. The molecule has 0 saturated heterocycles. The van der Waals surface area contributed by atoms with E-state index in [4.69, 9.17) is 14.2 Å². The first-order chi connectivity index (χ1) is 19.2. The molecule has 3 aromatic carbocycles. The number of carbonyl (C=O) groups is 2. The molecule has 1 aromatic heterocycles. The van der Waals surface area contributed by atoms with Gasteiger partial charge >= 0.3 is 11.9 Å². The summed E-state index contributed by atoms with van der Waals surface area (Å²) in [6.45, 7) is 12.6. The zero-order chi connectivity index (χ0) is 29.9. The average molecular weight is 574 g/mol. The minimum absolute atomic E-state index is 0.259. The van der Waals surface area contributed by atoms with Crippen molar-refractivity contribution >= 4 is 32.5 Å². The molecule has 5 nitrogen and oxygen atoms in total. The lowest BCUT2D eigenvalue weighted by Crippen LogP contribution is -2.29. The van der Waals surface area contributed by atoms with Gasteiger partial charge in [-0.2, -0.15) is 0 Å². The molecule has 1 atom stereocenters. The molecule has 0 fully saturated rings. The zero-order valence-corrected chi connectivity index (χ0v) is 25.2. The molecular formula is C34H34FO5S+. The van der Waals surface area contributed by atoms with Crippen molar-refractivity contribution < 1.29 is 28.2 Å². The highest BCUT2D eigenvalue weighted by molar-refractivity contribution is 7.43. The quantitative estimate of drug-likeness (QED) is 0.133. The third kappa shape index (κ3) is 7.74. The Labute approximate surface area is 243 Å². The largest absolute Gasteiger partial charge is 0.481 e. The van der Waals surface area contributed by atoms with Gasteiger partial charge in [-0.15, -0.1) is 0 Å². The summed E-state index contributed by atoms with van der Waals surface area (Å²) in [5, 5.41) is 3.14. The Kier molecular flexibility index (Phi) is 8.55. The molecule has 0 spiro atoms. The Balaban J connectivity index is 1.45. The minimum atomic E-state index is -1.05. The molecular weight excluding hydrogens is 539 g/mol. The van der Waals surface area contributed by atoms with E-state index in [0.717, 1.165) is 26.1 Å². The van der Waals surface area contributed by atoms with E-state index in [1.54, 1.807) is 26.0 Å². The monoisotopic (exact) mass is 573 g/mol. The molecule has 0 N–H and O–H groups in total. The maximum Gasteiger partial charge on any atom is 0.345 e. The van der Waals surface area contributed by atoms with Gasteiger partial charge in [-0.3, -0.25) is 0 Å². The van der Waals surface area contributed by atoms with Crippen molar-refractivity contribution in [1.82, 2.24) is 0 Å². The van der Waals surface area contributed by atoms with Crippen LogP contribution in [0.25, 0.3) is 15.0 Å². The number of carbonyl (C=O) groups excluding carboxylic acids is 2. The van der Waals surface area contributed by atoms with Crippen molar-refractivity contribution in [3.63, 3.8) is 0 Å². The Morgan fingerprint density at radius 1 is 0.878 bits per heavy atom. The Morgan fingerprint density at radius 3 is 2.17 bits per heavy atom. The lowest BCUT2D eigenvalue weighted by atomic mass is 10.1. The van der Waals surface area contributed by atoms with Crippen LogP contribution in [0, 0.1) is 31.5 Å². The van der Waals surface area contributed by atoms with Crippen LogP contribution in [-0.2, 0) is 14.3 Å². The maximum atomic E-state index is 13.1. The van der Waals surface area contributed by atoms with Crippen molar-refractivity contribution in [2.75, 3.05) is 6.61 Å². The van der Waals surface area contributed by atoms with Crippen LogP contribution in [0.2, 0.25) is 0 Å². The van der Waals surface area contributed by atoms with E-state index in [1.807, 2.05) is 58.9 Å². The first kappa shape index (κ1) is 29.8. The van der Waals surface area contributed by atoms with Crippen LogP contribution in [0.3, 0.4) is 0 Å². The molecule has 0 aliphatic carbocycles. The summed E-state index contributed by atoms with van der Waals surface area (Å²) in [7, 11) is -0.297. The van der Waals surface area contributed by atoms with E-state index in [1.165, 1.54) is 12.1 Å². The summed E-state index contributed by atoms with van der Waals surface area (Å²) >= 11 is 0. The molecule has 1 heterocycles. The molecule has 212 valence electrons. The van der Waals surface area contributed by atoms with E-state index in [0.29, 0.717) is 16.9 Å². The topological polar surface area (TPSA) is 61.8 Å². The maximum absolute atomic E-state index is 13.1. The lowest BCUT2D eigenvalue weighted by molar-refractivity contribution is -0.154. The van der Waals surface area contributed by atoms with Crippen molar-refractivity contribution in [3.05, 3.63) is 94.1 Å². The molecule has 4 aromatic rings. The van der Waals surface area contributed by atoms with E-state index >= 15 is 0 Å². The van der Waals surface area contributed by atoms with Crippen LogP contribution in [0.15, 0.2) is 66.0 Å². The highest BCUT2D eigenvalue weighted by atomic mass is 32.2. The highest BCUT2D eigenvalue weighted by Gasteiger charge is 2.24. The number of benzene rings is 3. The first-order valence-corrected chi connectivity index (χ1v) is 14.5. The third-order valence-corrected chi connectivity index (χ3v) is 8.01. The first-order valence-electron chi connectivity index (χ1n) is 13.2. The molecule has 0 amide bonds. The molecule has 1 unspecified atom stereocenters. The molecule has 0 aliphatic heterocycles. The van der Waals surface area contributed by atoms with Gasteiger partial charge in [0.2, 0.25) is 0 Å². The second-order valence-electron chi connectivity index (χ2n) is 11.3. The molecule has 7 heteroatoms. The van der Waals surface area contributed by atoms with Crippen molar-refractivity contribution in [2.45, 2.75) is 59.7 Å². The summed E-state index contributed by atoms with van der Waals surface area (Å²) < 4.78 is 31.2. The average Bonchev–Trinajstić information content (AvgIpc) is 3.30. The Bertz CT molecular complexity index is 1640. The molecule has 0 radical (unpaired) electrons. The van der Waals surface area contributed by atoms with Crippen LogP contribution >= 0.6 is 10.5 Å². The van der Waals surface area contributed by atoms with E-state index < -0.39 is 17.2 Å². The molecule has 0 bridgehead atoms. The number of fused-ring (bicyclic) bond motifs is 1. The number of rotatable bonds is 6. The van der Waals surface area contributed by atoms with Crippen molar-refractivity contribution in [3.8, 4) is 22.5 Å². The van der Waals surface area contributed by atoms with Gasteiger partial charge in [0.05, 0.1) is 5.56 Å². The number of esters is 2. The predicted octanol–water partition coefficient (Wildman–Crippen LogP) is 8.04. The Hall–Kier alpha value is -4.15. The van der Waals surface area contributed by atoms with E-state index in [9.17, 15) is 14.0 Å². The molecule has 41 heavy (non-hydrogen) atoms. The highest BCUT2D eigenvalue weighted by Crippen LogP contribution is 2.42. The van der Waals surface area contributed by atoms with Crippen LogP contribution in [0.4, 0.5) is 4.39 Å². The van der Waals surface area contributed by atoms with Gasteiger partial charge in [-0.05, 0) is 102 Å². The summed E-state index contributed by atoms with van der Waals surface area (Å²) in [5.74, 6) is 5.23.